The number of carbonyl (C=O) groups is 1. The van der Waals surface area contributed by atoms with Crippen LogP contribution in [0.3, 0.4) is 0 Å². The zero-order valence-corrected chi connectivity index (χ0v) is 11.9. The van der Waals surface area contributed by atoms with Crippen LogP contribution in [-0.2, 0) is 11.3 Å². The van der Waals surface area contributed by atoms with Crippen LogP contribution >= 0.6 is 0 Å². The summed E-state index contributed by atoms with van der Waals surface area (Å²) in [7, 11) is 1.45. The molecule has 1 aromatic rings. The zero-order valence-electron chi connectivity index (χ0n) is 11.9. The van der Waals surface area contributed by atoms with Gasteiger partial charge in [-0.1, -0.05) is 25.5 Å². The maximum absolute atomic E-state index is 12.3. The lowest BCUT2D eigenvalue weighted by atomic mass is 10.1. The van der Waals surface area contributed by atoms with Crippen LogP contribution in [-0.4, -0.2) is 35.1 Å². The summed E-state index contributed by atoms with van der Waals surface area (Å²) in [5.74, 6) is 0.216. The Bertz CT molecular complexity index is 562. The van der Waals surface area contributed by atoms with E-state index in [1.165, 1.54) is 11.7 Å². The van der Waals surface area contributed by atoms with Crippen LogP contribution in [0.5, 0.6) is 5.75 Å². The SMILES string of the molecule is CCC[C@@H]1C=CCN1C(=O)Cn1cccc(OC)c1=O. The second kappa shape index (κ2) is 6.41. The highest BCUT2D eigenvalue weighted by molar-refractivity contribution is 5.77. The summed E-state index contributed by atoms with van der Waals surface area (Å²) in [5.41, 5.74) is -0.275. The van der Waals surface area contributed by atoms with Gasteiger partial charge in [-0.05, 0) is 18.6 Å². The molecule has 1 amide bonds. The molecule has 5 heteroatoms. The molecule has 1 aromatic heterocycles. The Labute approximate surface area is 118 Å². The highest BCUT2D eigenvalue weighted by Gasteiger charge is 2.24. The number of ether oxygens (including phenoxy) is 1. The minimum absolute atomic E-state index is 0.0381. The van der Waals surface area contributed by atoms with E-state index in [2.05, 4.69) is 13.0 Å². The topological polar surface area (TPSA) is 51.5 Å². The molecule has 0 aliphatic carbocycles. The second-order valence-corrected chi connectivity index (χ2v) is 4.84. The van der Waals surface area contributed by atoms with Crippen molar-refractivity contribution < 1.29 is 9.53 Å². The van der Waals surface area contributed by atoms with E-state index in [0.717, 1.165) is 12.8 Å². The minimum Gasteiger partial charge on any atom is -0.491 e. The van der Waals surface area contributed by atoms with E-state index >= 15 is 0 Å². The molecule has 0 spiro atoms. The third kappa shape index (κ3) is 2.92. The number of hydrogen-bond acceptors (Lipinski definition) is 3. The molecular weight excluding hydrogens is 256 g/mol. The molecule has 0 saturated heterocycles. The number of carbonyl (C=O) groups excluding carboxylic acids is 1. The van der Waals surface area contributed by atoms with Crippen LogP contribution in [0, 0.1) is 0 Å². The van der Waals surface area contributed by atoms with Crippen LogP contribution in [0.4, 0.5) is 0 Å². The van der Waals surface area contributed by atoms with Gasteiger partial charge >= 0.3 is 0 Å². The molecule has 0 radical (unpaired) electrons. The molecule has 1 aliphatic rings. The van der Waals surface area contributed by atoms with E-state index in [1.807, 2.05) is 11.0 Å². The fraction of sp³-hybridized carbons (Fsp3) is 0.467. The summed E-state index contributed by atoms with van der Waals surface area (Å²) in [6.07, 6.45) is 7.66. The number of pyridine rings is 1. The molecule has 0 bridgehead atoms. The van der Waals surface area contributed by atoms with Gasteiger partial charge in [0.25, 0.3) is 5.56 Å². The summed E-state index contributed by atoms with van der Waals surface area (Å²) >= 11 is 0. The number of hydrogen-bond donors (Lipinski definition) is 0. The Morgan fingerprint density at radius 2 is 2.30 bits per heavy atom. The van der Waals surface area contributed by atoms with E-state index < -0.39 is 0 Å². The van der Waals surface area contributed by atoms with Crippen LogP contribution in [0.15, 0.2) is 35.3 Å². The summed E-state index contributed by atoms with van der Waals surface area (Å²) in [5, 5.41) is 0. The van der Waals surface area contributed by atoms with Gasteiger partial charge in [-0.15, -0.1) is 0 Å². The number of amides is 1. The summed E-state index contributed by atoms with van der Waals surface area (Å²) in [6, 6.07) is 3.47. The Balaban J connectivity index is 2.10. The van der Waals surface area contributed by atoms with Gasteiger partial charge in [0.05, 0.1) is 13.2 Å². The third-order valence-electron chi connectivity index (χ3n) is 3.48. The Kier molecular flexibility index (Phi) is 4.61. The Hall–Kier alpha value is -2.04. The summed E-state index contributed by atoms with van der Waals surface area (Å²) in [4.78, 5) is 26.2. The lowest BCUT2D eigenvalue weighted by Crippen LogP contribution is -2.39. The van der Waals surface area contributed by atoms with E-state index in [4.69, 9.17) is 4.74 Å². The first-order valence-corrected chi connectivity index (χ1v) is 6.87. The smallest absolute Gasteiger partial charge is 0.293 e. The molecule has 2 heterocycles. The van der Waals surface area contributed by atoms with Crippen molar-refractivity contribution in [2.45, 2.75) is 32.4 Å². The van der Waals surface area contributed by atoms with Gasteiger partial charge in [-0.2, -0.15) is 0 Å². The van der Waals surface area contributed by atoms with Crippen LogP contribution in [0.1, 0.15) is 19.8 Å². The number of nitrogens with zero attached hydrogens (tertiary/aromatic N) is 2. The van der Waals surface area contributed by atoms with Crippen LogP contribution in [0.25, 0.3) is 0 Å². The monoisotopic (exact) mass is 276 g/mol. The molecule has 1 atom stereocenters. The molecule has 108 valence electrons. The summed E-state index contributed by atoms with van der Waals surface area (Å²) < 4.78 is 6.37. The lowest BCUT2D eigenvalue weighted by Gasteiger charge is -2.24. The van der Waals surface area contributed by atoms with Crippen molar-refractivity contribution in [3.63, 3.8) is 0 Å². The highest BCUT2D eigenvalue weighted by Crippen LogP contribution is 2.15. The van der Waals surface area contributed by atoms with Crippen molar-refractivity contribution in [1.29, 1.82) is 0 Å². The molecular formula is C15H20N2O3. The zero-order chi connectivity index (χ0) is 14.5. The van der Waals surface area contributed by atoms with Crippen LogP contribution < -0.4 is 10.3 Å². The normalized spacial score (nSPS) is 17.5. The minimum atomic E-state index is -0.275. The van der Waals surface area contributed by atoms with Crippen molar-refractivity contribution in [2.75, 3.05) is 13.7 Å². The Morgan fingerprint density at radius 1 is 1.50 bits per heavy atom. The average molecular weight is 276 g/mol. The predicted octanol–water partition coefficient (Wildman–Crippen LogP) is 1.42. The van der Waals surface area contributed by atoms with Gasteiger partial charge in [0.1, 0.15) is 6.54 Å². The van der Waals surface area contributed by atoms with Crippen molar-refractivity contribution in [1.82, 2.24) is 9.47 Å². The number of rotatable bonds is 5. The quantitative estimate of drug-likeness (QED) is 0.764. The van der Waals surface area contributed by atoms with Crippen molar-refractivity contribution >= 4 is 5.91 Å². The van der Waals surface area contributed by atoms with Crippen molar-refractivity contribution in [3.8, 4) is 5.75 Å². The molecule has 0 unspecified atom stereocenters. The van der Waals surface area contributed by atoms with E-state index in [1.54, 1.807) is 18.3 Å². The Morgan fingerprint density at radius 3 is 3.00 bits per heavy atom. The number of methoxy groups -OCH3 is 1. The molecule has 0 aromatic carbocycles. The van der Waals surface area contributed by atoms with Gasteiger partial charge < -0.3 is 14.2 Å². The summed E-state index contributed by atoms with van der Waals surface area (Å²) in [6.45, 7) is 2.78. The first-order chi connectivity index (χ1) is 9.67. The molecule has 20 heavy (non-hydrogen) atoms. The van der Waals surface area contributed by atoms with Gasteiger partial charge in [0.15, 0.2) is 5.75 Å². The molecule has 2 rings (SSSR count). The maximum Gasteiger partial charge on any atom is 0.293 e. The first-order valence-electron chi connectivity index (χ1n) is 6.87. The average Bonchev–Trinajstić information content (AvgIpc) is 2.90. The molecule has 0 fully saturated rings. The van der Waals surface area contributed by atoms with Crippen molar-refractivity contribution in [2.24, 2.45) is 0 Å². The first kappa shape index (κ1) is 14.4. The molecule has 0 N–H and O–H groups in total. The second-order valence-electron chi connectivity index (χ2n) is 4.84. The van der Waals surface area contributed by atoms with Crippen LogP contribution in [0.2, 0.25) is 0 Å². The van der Waals surface area contributed by atoms with E-state index in [0.29, 0.717) is 6.54 Å². The lowest BCUT2D eigenvalue weighted by molar-refractivity contribution is -0.132. The van der Waals surface area contributed by atoms with Crippen molar-refractivity contribution in [3.05, 3.63) is 40.8 Å². The fourth-order valence-corrected chi connectivity index (χ4v) is 2.44. The molecule has 0 saturated carbocycles. The van der Waals surface area contributed by atoms with Gasteiger partial charge in [-0.3, -0.25) is 9.59 Å². The molecule has 1 aliphatic heterocycles. The largest absolute Gasteiger partial charge is 0.491 e. The van der Waals surface area contributed by atoms with Gasteiger partial charge in [0.2, 0.25) is 5.91 Å². The fourth-order valence-electron chi connectivity index (χ4n) is 2.44. The van der Waals surface area contributed by atoms with E-state index in [9.17, 15) is 9.59 Å². The molecule has 5 nitrogen and oxygen atoms in total. The van der Waals surface area contributed by atoms with Gasteiger partial charge in [0, 0.05) is 12.7 Å². The third-order valence-corrected chi connectivity index (χ3v) is 3.48. The standard InChI is InChI=1S/C15H20N2O3/c1-3-6-12-7-4-10-17(12)14(18)11-16-9-5-8-13(20-2)15(16)19/h4-5,7-9,12H,3,6,10-11H2,1-2H3/t12-/m1/s1. The van der Waals surface area contributed by atoms with Gasteiger partial charge in [-0.25, -0.2) is 0 Å². The van der Waals surface area contributed by atoms with E-state index in [-0.39, 0.29) is 29.8 Å². The predicted molar refractivity (Wildman–Crippen MR) is 76.8 cm³/mol. The number of aromatic nitrogens is 1. The maximum atomic E-state index is 12.3. The highest BCUT2D eigenvalue weighted by atomic mass is 16.5.